The molecule has 1 saturated heterocycles. The Morgan fingerprint density at radius 3 is 2.92 bits per heavy atom. The average Bonchev–Trinajstić information content (AvgIpc) is 3.04. The zero-order chi connectivity index (χ0) is 16.9. The van der Waals surface area contributed by atoms with Gasteiger partial charge in [0.15, 0.2) is 0 Å². The van der Waals surface area contributed by atoms with Gasteiger partial charge in [0.25, 0.3) is 5.56 Å². The second-order valence-electron chi connectivity index (χ2n) is 6.69. The maximum absolute atomic E-state index is 12.1. The Morgan fingerprint density at radius 2 is 2.12 bits per heavy atom. The Kier molecular flexibility index (Phi) is 5.60. The molecule has 1 aromatic rings. The van der Waals surface area contributed by atoms with Crippen LogP contribution in [0.25, 0.3) is 0 Å². The first kappa shape index (κ1) is 17.1. The highest BCUT2D eigenvalue weighted by molar-refractivity contribution is 6.33. The maximum Gasteiger partial charge on any atom is 0.315 e. The van der Waals surface area contributed by atoms with Crippen molar-refractivity contribution in [2.75, 3.05) is 24.5 Å². The minimum absolute atomic E-state index is 0.0479. The molecule has 3 rings (SSSR count). The van der Waals surface area contributed by atoms with Crippen LogP contribution in [0.3, 0.4) is 0 Å². The number of H-pyrrole nitrogens is 1. The molecule has 1 atom stereocenters. The van der Waals surface area contributed by atoms with Crippen LogP contribution in [0.4, 0.5) is 10.5 Å². The highest BCUT2D eigenvalue weighted by atomic mass is 35.5. The molecular formula is C16H24ClN5O2. The van der Waals surface area contributed by atoms with Crippen LogP contribution in [-0.4, -0.2) is 41.9 Å². The first-order valence-electron chi connectivity index (χ1n) is 8.66. The molecule has 2 fully saturated rings. The SMILES string of the molecule is O=C(NCC1CCCCC1)N[C@@H]1CCN(c2cn[nH]c(=O)c2Cl)C1. The van der Waals surface area contributed by atoms with Gasteiger partial charge >= 0.3 is 6.03 Å². The number of aromatic amines is 1. The summed E-state index contributed by atoms with van der Waals surface area (Å²) in [5.74, 6) is 0.616. The van der Waals surface area contributed by atoms with Crippen molar-refractivity contribution in [1.82, 2.24) is 20.8 Å². The number of rotatable bonds is 4. The van der Waals surface area contributed by atoms with Crippen molar-refractivity contribution >= 4 is 23.3 Å². The topological polar surface area (TPSA) is 90.1 Å². The Morgan fingerprint density at radius 1 is 1.33 bits per heavy atom. The number of urea groups is 1. The molecule has 2 heterocycles. The van der Waals surface area contributed by atoms with Gasteiger partial charge in [-0.3, -0.25) is 4.79 Å². The van der Waals surface area contributed by atoms with Crippen LogP contribution >= 0.6 is 11.6 Å². The Bertz CT molecular complexity index is 629. The number of carbonyl (C=O) groups excluding carboxylic acids is 1. The number of anilines is 1. The molecule has 2 aliphatic rings. The number of halogens is 1. The van der Waals surface area contributed by atoms with Gasteiger partial charge < -0.3 is 15.5 Å². The van der Waals surface area contributed by atoms with Crippen LogP contribution in [0.2, 0.25) is 5.02 Å². The van der Waals surface area contributed by atoms with Gasteiger partial charge in [0.05, 0.1) is 11.9 Å². The maximum atomic E-state index is 12.1. The third kappa shape index (κ3) is 4.20. The summed E-state index contributed by atoms with van der Waals surface area (Å²) < 4.78 is 0. The Balaban J connectivity index is 1.46. The zero-order valence-corrected chi connectivity index (χ0v) is 14.4. The van der Waals surface area contributed by atoms with Crippen molar-refractivity contribution in [3.05, 3.63) is 21.6 Å². The van der Waals surface area contributed by atoms with E-state index in [2.05, 4.69) is 20.8 Å². The normalized spacial score (nSPS) is 21.7. The van der Waals surface area contributed by atoms with E-state index in [0.717, 1.165) is 19.5 Å². The summed E-state index contributed by atoms with van der Waals surface area (Å²) in [4.78, 5) is 25.6. The molecule has 1 saturated carbocycles. The fraction of sp³-hybridized carbons (Fsp3) is 0.688. The molecule has 24 heavy (non-hydrogen) atoms. The molecule has 2 amide bonds. The fourth-order valence-electron chi connectivity index (χ4n) is 3.56. The predicted molar refractivity (Wildman–Crippen MR) is 93.6 cm³/mol. The molecule has 0 bridgehead atoms. The number of aromatic nitrogens is 2. The third-order valence-electron chi connectivity index (χ3n) is 4.92. The summed E-state index contributed by atoms with van der Waals surface area (Å²) in [7, 11) is 0. The zero-order valence-electron chi connectivity index (χ0n) is 13.7. The van der Waals surface area contributed by atoms with Gasteiger partial charge in [-0.05, 0) is 25.2 Å². The van der Waals surface area contributed by atoms with E-state index in [-0.39, 0.29) is 17.1 Å². The van der Waals surface area contributed by atoms with Crippen molar-refractivity contribution in [3.63, 3.8) is 0 Å². The Labute approximate surface area is 146 Å². The van der Waals surface area contributed by atoms with E-state index in [4.69, 9.17) is 11.6 Å². The summed E-state index contributed by atoms with van der Waals surface area (Å²) >= 11 is 6.04. The second kappa shape index (κ2) is 7.88. The van der Waals surface area contributed by atoms with E-state index in [1.807, 2.05) is 4.90 Å². The lowest BCUT2D eigenvalue weighted by molar-refractivity contribution is 0.233. The van der Waals surface area contributed by atoms with Crippen molar-refractivity contribution < 1.29 is 4.79 Å². The molecule has 8 heteroatoms. The lowest BCUT2D eigenvalue weighted by Gasteiger charge is -2.22. The number of hydrogen-bond donors (Lipinski definition) is 3. The summed E-state index contributed by atoms with van der Waals surface area (Å²) in [5.41, 5.74) is 0.225. The van der Waals surface area contributed by atoms with Crippen LogP contribution in [0.15, 0.2) is 11.0 Å². The van der Waals surface area contributed by atoms with Gasteiger partial charge in [0, 0.05) is 25.7 Å². The minimum Gasteiger partial charge on any atom is -0.367 e. The largest absolute Gasteiger partial charge is 0.367 e. The summed E-state index contributed by atoms with van der Waals surface area (Å²) in [6.07, 6.45) is 8.67. The van der Waals surface area contributed by atoms with Gasteiger partial charge in [-0.25, -0.2) is 9.89 Å². The van der Waals surface area contributed by atoms with Gasteiger partial charge in [-0.2, -0.15) is 5.10 Å². The molecular weight excluding hydrogens is 330 g/mol. The molecule has 132 valence electrons. The molecule has 3 N–H and O–H groups in total. The number of hydrogen-bond acceptors (Lipinski definition) is 4. The minimum atomic E-state index is -0.393. The van der Waals surface area contributed by atoms with E-state index in [0.29, 0.717) is 18.2 Å². The van der Waals surface area contributed by atoms with Crippen molar-refractivity contribution in [1.29, 1.82) is 0 Å². The molecule has 1 aliphatic heterocycles. The van der Waals surface area contributed by atoms with Crippen LogP contribution in [0.1, 0.15) is 38.5 Å². The van der Waals surface area contributed by atoms with Crippen molar-refractivity contribution in [2.24, 2.45) is 5.92 Å². The first-order valence-corrected chi connectivity index (χ1v) is 9.04. The predicted octanol–water partition coefficient (Wildman–Crippen LogP) is 1.88. The highest BCUT2D eigenvalue weighted by Crippen LogP contribution is 2.25. The molecule has 0 radical (unpaired) electrons. The Hall–Kier alpha value is -1.76. The van der Waals surface area contributed by atoms with E-state index in [1.54, 1.807) is 6.20 Å². The lowest BCUT2D eigenvalue weighted by atomic mass is 9.89. The summed E-state index contributed by atoms with van der Waals surface area (Å²) in [6, 6.07) is -0.0609. The second-order valence-corrected chi connectivity index (χ2v) is 7.07. The quantitative estimate of drug-likeness (QED) is 0.771. The van der Waals surface area contributed by atoms with Crippen molar-refractivity contribution in [2.45, 2.75) is 44.6 Å². The third-order valence-corrected chi connectivity index (χ3v) is 5.28. The van der Waals surface area contributed by atoms with E-state index in [1.165, 1.54) is 32.1 Å². The summed E-state index contributed by atoms with van der Waals surface area (Å²) in [6.45, 7) is 2.12. The van der Waals surface area contributed by atoms with Gasteiger partial charge in [0.2, 0.25) is 0 Å². The summed E-state index contributed by atoms with van der Waals surface area (Å²) in [5, 5.41) is 12.3. The number of amides is 2. The smallest absolute Gasteiger partial charge is 0.315 e. The van der Waals surface area contributed by atoms with Crippen LogP contribution in [-0.2, 0) is 0 Å². The first-order chi connectivity index (χ1) is 11.6. The fourth-order valence-corrected chi connectivity index (χ4v) is 3.77. The highest BCUT2D eigenvalue weighted by Gasteiger charge is 2.26. The molecule has 0 aromatic carbocycles. The molecule has 0 unspecified atom stereocenters. The van der Waals surface area contributed by atoms with Crippen molar-refractivity contribution in [3.8, 4) is 0 Å². The van der Waals surface area contributed by atoms with Gasteiger partial charge in [-0.15, -0.1) is 0 Å². The number of nitrogens with zero attached hydrogens (tertiary/aromatic N) is 2. The van der Waals surface area contributed by atoms with E-state index in [9.17, 15) is 9.59 Å². The van der Waals surface area contributed by atoms with Gasteiger partial charge in [0.1, 0.15) is 5.02 Å². The van der Waals surface area contributed by atoms with Crippen LogP contribution in [0, 0.1) is 5.92 Å². The number of nitrogens with one attached hydrogen (secondary N) is 3. The molecule has 0 spiro atoms. The van der Waals surface area contributed by atoms with Crippen LogP contribution in [0.5, 0.6) is 0 Å². The van der Waals surface area contributed by atoms with Crippen LogP contribution < -0.4 is 21.1 Å². The number of carbonyl (C=O) groups is 1. The average molecular weight is 354 g/mol. The van der Waals surface area contributed by atoms with E-state index < -0.39 is 5.56 Å². The molecule has 7 nitrogen and oxygen atoms in total. The molecule has 1 aliphatic carbocycles. The lowest BCUT2D eigenvalue weighted by Crippen LogP contribution is -2.45. The standard InChI is InChI=1S/C16H24ClN5O2/c17-14-13(9-19-21-15(14)23)22-7-6-12(10-22)20-16(24)18-8-11-4-2-1-3-5-11/h9,11-12H,1-8,10H2,(H,21,23)(H2,18,20,24)/t12-/m1/s1. The monoisotopic (exact) mass is 353 g/mol. The molecule has 1 aromatic heterocycles. The van der Waals surface area contributed by atoms with E-state index >= 15 is 0 Å². The van der Waals surface area contributed by atoms with Gasteiger partial charge in [-0.1, -0.05) is 30.9 Å².